The van der Waals surface area contributed by atoms with Crippen LogP contribution in [-0.2, 0) is 22.2 Å². The number of alkyl halides is 4. The predicted molar refractivity (Wildman–Crippen MR) is 161 cm³/mol. The van der Waals surface area contributed by atoms with Crippen molar-refractivity contribution in [1.82, 2.24) is 5.32 Å². The zero-order valence-electron chi connectivity index (χ0n) is 23.0. The fourth-order valence-corrected chi connectivity index (χ4v) is 6.13. The van der Waals surface area contributed by atoms with E-state index in [0.29, 0.717) is 17.9 Å². The Labute approximate surface area is 256 Å². The van der Waals surface area contributed by atoms with Gasteiger partial charge in [0, 0.05) is 22.5 Å². The van der Waals surface area contributed by atoms with Gasteiger partial charge in [-0.15, -0.1) is 0 Å². The fourth-order valence-electron chi connectivity index (χ4n) is 5.34. The molecule has 0 saturated heterocycles. The van der Waals surface area contributed by atoms with Gasteiger partial charge in [-0.3, -0.25) is 14.4 Å². The van der Waals surface area contributed by atoms with Gasteiger partial charge in [-0.25, -0.2) is 0 Å². The molecule has 0 bridgehead atoms. The molecule has 1 fully saturated rings. The Hall–Kier alpha value is -2.34. The lowest BCUT2D eigenvalue weighted by atomic mass is 9.66. The summed E-state index contributed by atoms with van der Waals surface area (Å²) in [4.78, 5) is 36.7. The number of aliphatic carboxylic acids is 1. The van der Waals surface area contributed by atoms with E-state index in [1.807, 2.05) is 0 Å². The minimum atomic E-state index is -4.57. The Morgan fingerprint density at radius 3 is 2.24 bits per heavy atom. The van der Waals surface area contributed by atoms with Gasteiger partial charge in [-0.05, 0) is 85.3 Å². The van der Waals surface area contributed by atoms with Crippen molar-refractivity contribution in [3.63, 3.8) is 0 Å². The van der Waals surface area contributed by atoms with Gasteiger partial charge in [0.2, 0.25) is 5.91 Å². The topological polar surface area (TPSA) is 95.5 Å². The number of carbonyl (C=O) groups excluding carboxylic acids is 2. The summed E-state index contributed by atoms with van der Waals surface area (Å²) in [5.41, 5.74) is 0.363. The Kier molecular flexibility index (Phi) is 11.5. The zero-order valence-corrected chi connectivity index (χ0v) is 25.9. The Morgan fingerprint density at radius 1 is 1.05 bits per heavy atom. The minimum absolute atomic E-state index is 0.00724. The van der Waals surface area contributed by atoms with Crippen LogP contribution >= 0.6 is 34.2 Å². The highest BCUT2D eigenvalue weighted by atomic mass is 127. The van der Waals surface area contributed by atoms with Crippen LogP contribution in [0.2, 0.25) is 5.02 Å². The first-order chi connectivity index (χ1) is 19.2. The summed E-state index contributed by atoms with van der Waals surface area (Å²) < 4.78 is 41.0. The van der Waals surface area contributed by atoms with Crippen LogP contribution in [0.4, 0.5) is 18.9 Å². The number of amides is 2. The molecule has 2 aromatic carbocycles. The Balaban J connectivity index is 1.80. The Morgan fingerprint density at radius 2 is 1.68 bits per heavy atom. The van der Waals surface area contributed by atoms with Crippen LogP contribution in [0.25, 0.3) is 0 Å². The average Bonchev–Trinajstić information content (AvgIpc) is 2.92. The van der Waals surface area contributed by atoms with Gasteiger partial charge in [0.15, 0.2) is 0 Å². The van der Waals surface area contributed by atoms with Gasteiger partial charge in [0.05, 0.1) is 22.7 Å². The summed E-state index contributed by atoms with van der Waals surface area (Å²) in [6.45, 7) is 4.51. The summed E-state index contributed by atoms with van der Waals surface area (Å²) in [5, 5.41) is 14.0. The maximum Gasteiger partial charge on any atom is 0.416 e. The molecule has 0 aromatic heterocycles. The van der Waals surface area contributed by atoms with E-state index in [4.69, 9.17) is 16.7 Å². The summed E-state index contributed by atoms with van der Waals surface area (Å²) >= 11 is 8.58. The molecule has 0 aliphatic heterocycles. The molecule has 2 amide bonds. The maximum atomic E-state index is 13.6. The SMILES string of the molecule is CC(C)(CI)C1CCC(C(Cc2ccc(C(=O)NCCC(=O)O)cc2)C(=O)Nc2cc(C(F)(F)F)ccc2Cl)CC1. The maximum absolute atomic E-state index is 13.6. The smallest absolute Gasteiger partial charge is 0.416 e. The van der Waals surface area contributed by atoms with Crippen LogP contribution < -0.4 is 10.6 Å². The molecule has 0 heterocycles. The molecule has 3 rings (SSSR count). The fraction of sp³-hybridized carbons (Fsp3) is 0.500. The largest absolute Gasteiger partial charge is 0.481 e. The summed E-state index contributed by atoms with van der Waals surface area (Å²) in [5.74, 6) is -1.76. The lowest BCUT2D eigenvalue weighted by Gasteiger charge is -2.40. The van der Waals surface area contributed by atoms with Crippen LogP contribution in [-0.4, -0.2) is 33.9 Å². The Bertz CT molecular complexity index is 1230. The number of hydrogen-bond acceptors (Lipinski definition) is 3. The van der Waals surface area contributed by atoms with Crippen LogP contribution in [0, 0.1) is 23.2 Å². The van der Waals surface area contributed by atoms with E-state index in [9.17, 15) is 27.6 Å². The van der Waals surface area contributed by atoms with Gasteiger partial charge >= 0.3 is 12.1 Å². The molecule has 6 nitrogen and oxygen atoms in total. The molecule has 0 spiro atoms. The number of nitrogens with one attached hydrogen (secondary N) is 2. The van der Waals surface area contributed by atoms with Gasteiger partial charge in [-0.2, -0.15) is 13.2 Å². The van der Waals surface area contributed by atoms with Gasteiger partial charge < -0.3 is 15.7 Å². The van der Waals surface area contributed by atoms with E-state index in [0.717, 1.165) is 53.9 Å². The van der Waals surface area contributed by atoms with Crippen LogP contribution in [0.5, 0.6) is 0 Å². The van der Waals surface area contributed by atoms with Crippen molar-refractivity contribution >= 4 is 57.7 Å². The minimum Gasteiger partial charge on any atom is -0.481 e. The third kappa shape index (κ3) is 9.33. The first kappa shape index (κ1) is 33.2. The molecule has 0 radical (unpaired) electrons. The molecule has 1 aliphatic rings. The molecule has 1 aliphatic carbocycles. The van der Waals surface area contributed by atoms with Crippen LogP contribution in [0.3, 0.4) is 0 Å². The monoisotopic (exact) mass is 706 g/mol. The number of anilines is 1. The number of carbonyl (C=O) groups is 3. The lowest BCUT2D eigenvalue weighted by molar-refractivity contribution is -0.138. The van der Waals surface area contributed by atoms with Gasteiger partial charge in [0.25, 0.3) is 5.91 Å². The first-order valence-corrected chi connectivity index (χ1v) is 15.4. The number of carboxylic acid groups (broad SMARTS) is 1. The van der Waals surface area contributed by atoms with Crippen molar-refractivity contribution in [3.05, 3.63) is 64.2 Å². The molecule has 1 saturated carbocycles. The molecule has 2 aromatic rings. The predicted octanol–water partition coefficient (Wildman–Crippen LogP) is 7.63. The van der Waals surface area contributed by atoms with Gasteiger partial charge in [-0.1, -0.05) is 60.2 Å². The highest BCUT2D eigenvalue weighted by Crippen LogP contribution is 2.44. The van der Waals surface area contributed by atoms with Gasteiger partial charge in [0.1, 0.15) is 0 Å². The second-order valence-corrected chi connectivity index (χ2v) is 12.5. The average molecular weight is 707 g/mol. The van der Waals surface area contributed by atoms with E-state index in [1.165, 1.54) is 0 Å². The third-order valence-corrected chi connectivity index (χ3v) is 10.3. The van der Waals surface area contributed by atoms with Crippen molar-refractivity contribution in [1.29, 1.82) is 0 Å². The van der Waals surface area contributed by atoms with E-state index in [1.54, 1.807) is 24.3 Å². The zero-order chi connectivity index (χ0) is 30.4. The molecule has 11 heteroatoms. The van der Waals surface area contributed by atoms with E-state index in [2.05, 4.69) is 47.1 Å². The molecule has 1 atom stereocenters. The quantitative estimate of drug-likeness (QED) is 0.166. The normalized spacial score (nSPS) is 18.4. The number of rotatable bonds is 11. The molecule has 3 N–H and O–H groups in total. The third-order valence-electron chi connectivity index (χ3n) is 7.97. The molecular weight excluding hydrogens is 672 g/mol. The second kappa shape index (κ2) is 14.2. The lowest BCUT2D eigenvalue weighted by Crippen LogP contribution is -2.36. The van der Waals surface area contributed by atoms with Crippen molar-refractivity contribution in [2.75, 3.05) is 16.3 Å². The number of halogens is 5. The van der Waals surface area contributed by atoms with E-state index >= 15 is 0 Å². The van der Waals surface area contributed by atoms with Crippen molar-refractivity contribution in [2.45, 2.75) is 58.5 Å². The molecule has 41 heavy (non-hydrogen) atoms. The second-order valence-electron chi connectivity index (χ2n) is 11.3. The molecular formula is C30H35ClF3IN2O4. The van der Waals surface area contributed by atoms with Crippen molar-refractivity contribution in [2.24, 2.45) is 23.2 Å². The first-order valence-electron chi connectivity index (χ1n) is 13.5. The molecule has 224 valence electrons. The van der Waals surface area contributed by atoms with Crippen molar-refractivity contribution in [3.8, 4) is 0 Å². The standard InChI is InChI=1S/C30H35ClF3IN2O4/c1-29(2,17-35)21-9-7-19(8-10-21)23(28(41)37-25-16-22(30(32,33)34)11-12-24(25)31)15-18-3-5-20(6-4-18)27(40)36-14-13-26(38)39/h3-6,11-12,16,19,21,23H,7-10,13-15,17H2,1-2H3,(H,36,40)(H,37,41)(H,38,39). The highest BCUT2D eigenvalue weighted by molar-refractivity contribution is 14.1. The summed E-state index contributed by atoms with van der Waals surface area (Å²) in [6.07, 6.45) is -0.849. The number of carboxylic acids is 1. The molecule has 1 unspecified atom stereocenters. The number of benzene rings is 2. The van der Waals surface area contributed by atoms with Crippen LogP contribution in [0.1, 0.15) is 67.4 Å². The van der Waals surface area contributed by atoms with E-state index < -0.39 is 35.4 Å². The number of hydrogen-bond donors (Lipinski definition) is 3. The highest BCUT2D eigenvalue weighted by Gasteiger charge is 2.37. The van der Waals surface area contributed by atoms with Crippen molar-refractivity contribution < 1.29 is 32.7 Å². The van der Waals surface area contributed by atoms with E-state index in [-0.39, 0.29) is 35.0 Å². The van der Waals surface area contributed by atoms with Crippen LogP contribution in [0.15, 0.2) is 42.5 Å². The summed E-state index contributed by atoms with van der Waals surface area (Å²) in [6, 6.07) is 9.59. The summed E-state index contributed by atoms with van der Waals surface area (Å²) in [7, 11) is 0.